The Morgan fingerprint density at radius 2 is 1.55 bits per heavy atom. The van der Waals surface area contributed by atoms with E-state index in [9.17, 15) is 5.11 Å². The van der Waals surface area contributed by atoms with Crippen LogP contribution < -0.4 is 5.32 Å². The Morgan fingerprint density at radius 1 is 1.00 bits per heavy atom. The third kappa shape index (κ3) is 3.63. The van der Waals surface area contributed by atoms with Gasteiger partial charge in [0.2, 0.25) is 0 Å². The number of aliphatic hydroxyl groups is 1. The van der Waals surface area contributed by atoms with Gasteiger partial charge in [0, 0.05) is 12.6 Å². The van der Waals surface area contributed by atoms with Crippen molar-refractivity contribution in [2.45, 2.75) is 82.0 Å². The van der Waals surface area contributed by atoms with Crippen molar-refractivity contribution < 1.29 is 9.84 Å². The highest BCUT2D eigenvalue weighted by atomic mass is 35.5. The van der Waals surface area contributed by atoms with Crippen LogP contribution in [0.1, 0.15) is 64.2 Å². The average molecular weight is 330 g/mol. The fourth-order valence-corrected chi connectivity index (χ4v) is 5.97. The molecule has 128 valence electrons. The fraction of sp³-hybridized carbons (Fsp3) is 1.00. The molecule has 22 heavy (non-hydrogen) atoms. The van der Waals surface area contributed by atoms with Crippen LogP contribution in [-0.4, -0.2) is 36.0 Å². The molecule has 2 N–H and O–H groups in total. The predicted octanol–water partition coefficient (Wildman–Crippen LogP) is 3.29. The van der Waals surface area contributed by atoms with Crippen molar-refractivity contribution >= 4 is 12.4 Å². The maximum absolute atomic E-state index is 10.2. The molecule has 5 fully saturated rings. The minimum absolute atomic E-state index is 0. The first kappa shape index (κ1) is 17.0. The first-order valence-corrected chi connectivity index (χ1v) is 9.26. The Bertz CT molecular complexity index is 335. The van der Waals surface area contributed by atoms with Gasteiger partial charge in [0.05, 0.1) is 18.3 Å². The second-order valence-electron chi connectivity index (χ2n) is 8.46. The molecule has 0 saturated heterocycles. The van der Waals surface area contributed by atoms with Crippen molar-refractivity contribution in [3.8, 4) is 0 Å². The van der Waals surface area contributed by atoms with Crippen molar-refractivity contribution in [2.75, 3.05) is 13.2 Å². The van der Waals surface area contributed by atoms with Gasteiger partial charge in [-0.2, -0.15) is 0 Å². The standard InChI is InChI=1S/C18H31NO2.ClH/c20-17(11-19-16-3-1-2-4-16)12-21-18-8-13-5-14(9-18)7-15(6-13)10-18;/h13-17,19-20H,1-12H2;1H. The second kappa shape index (κ2) is 6.96. The first-order chi connectivity index (χ1) is 10.2. The molecule has 0 aliphatic heterocycles. The Hall–Kier alpha value is 0.170. The van der Waals surface area contributed by atoms with Crippen molar-refractivity contribution in [3.63, 3.8) is 0 Å². The Morgan fingerprint density at radius 3 is 2.09 bits per heavy atom. The van der Waals surface area contributed by atoms with E-state index in [1.54, 1.807) is 0 Å². The molecule has 0 aromatic carbocycles. The average Bonchev–Trinajstić information content (AvgIpc) is 2.95. The summed E-state index contributed by atoms with van der Waals surface area (Å²) in [5, 5.41) is 13.7. The molecule has 1 unspecified atom stereocenters. The first-order valence-electron chi connectivity index (χ1n) is 9.26. The summed E-state index contributed by atoms with van der Waals surface area (Å²) in [6, 6.07) is 0.638. The maximum atomic E-state index is 10.2. The summed E-state index contributed by atoms with van der Waals surface area (Å²) in [5.41, 5.74) is 0.142. The molecule has 0 amide bonds. The molecule has 1 atom stereocenters. The van der Waals surface area contributed by atoms with E-state index in [4.69, 9.17) is 4.74 Å². The van der Waals surface area contributed by atoms with Gasteiger partial charge < -0.3 is 15.2 Å². The lowest BCUT2D eigenvalue weighted by atomic mass is 9.54. The van der Waals surface area contributed by atoms with E-state index >= 15 is 0 Å². The van der Waals surface area contributed by atoms with Gasteiger partial charge in [0.1, 0.15) is 0 Å². The third-order valence-electron chi connectivity index (χ3n) is 6.56. The number of nitrogens with one attached hydrogen (secondary N) is 1. The number of ether oxygens (including phenoxy) is 1. The largest absolute Gasteiger partial charge is 0.389 e. The maximum Gasteiger partial charge on any atom is 0.0898 e. The molecular weight excluding hydrogens is 298 g/mol. The molecule has 4 bridgehead atoms. The highest BCUT2D eigenvalue weighted by Crippen LogP contribution is 2.57. The molecule has 0 aromatic heterocycles. The third-order valence-corrected chi connectivity index (χ3v) is 6.56. The summed E-state index contributed by atoms with van der Waals surface area (Å²) < 4.78 is 6.33. The minimum Gasteiger partial charge on any atom is -0.389 e. The van der Waals surface area contributed by atoms with Gasteiger partial charge in [0.15, 0.2) is 0 Å². The van der Waals surface area contributed by atoms with Crippen LogP contribution in [0.25, 0.3) is 0 Å². The number of aliphatic hydroxyl groups excluding tert-OH is 1. The normalized spacial score (nSPS) is 41.6. The highest BCUT2D eigenvalue weighted by Gasteiger charge is 2.51. The summed E-state index contributed by atoms with van der Waals surface area (Å²) in [4.78, 5) is 0. The number of hydrogen-bond donors (Lipinski definition) is 2. The van der Waals surface area contributed by atoms with E-state index in [1.807, 2.05) is 0 Å². The van der Waals surface area contributed by atoms with E-state index in [2.05, 4.69) is 5.32 Å². The SMILES string of the molecule is Cl.OC(CNC1CCCC1)COC12CC3CC(CC(C3)C1)C2. The summed E-state index contributed by atoms with van der Waals surface area (Å²) in [5.74, 6) is 2.76. The summed E-state index contributed by atoms with van der Waals surface area (Å²) in [6.45, 7) is 1.24. The Kier molecular flexibility index (Phi) is 5.38. The summed E-state index contributed by atoms with van der Waals surface area (Å²) in [6.07, 6.45) is 13.1. The molecular formula is C18H32ClNO2. The van der Waals surface area contributed by atoms with Crippen LogP contribution in [0.15, 0.2) is 0 Å². The van der Waals surface area contributed by atoms with E-state index in [0.29, 0.717) is 19.2 Å². The molecule has 5 rings (SSSR count). The smallest absolute Gasteiger partial charge is 0.0898 e. The van der Waals surface area contributed by atoms with Crippen molar-refractivity contribution in [1.82, 2.24) is 5.32 Å². The van der Waals surface area contributed by atoms with Gasteiger partial charge in [-0.25, -0.2) is 0 Å². The fourth-order valence-electron chi connectivity index (χ4n) is 5.97. The zero-order valence-electron chi connectivity index (χ0n) is 13.6. The minimum atomic E-state index is -0.335. The molecule has 5 aliphatic carbocycles. The highest BCUT2D eigenvalue weighted by molar-refractivity contribution is 5.85. The summed E-state index contributed by atoms with van der Waals surface area (Å²) in [7, 11) is 0. The van der Waals surface area contributed by atoms with E-state index in [1.165, 1.54) is 64.2 Å². The predicted molar refractivity (Wildman–Crippen MR) is 90.4 cm³/mol. The molecule has 0 aromatic rings. The van der Waals surface area contributed by atoms with Gasteiger partial charge in [-0.15, -0.1) is 12.4 Å². The molecule has 0 radical (unpaired) electrons. The monoisotopic (exact) mass is 329 g/mol. The lowest BCUT2D eigenvalue weighted by Gasteiger charge is -2.56. The zero-order chi connectivity index (χ0) is 14.3. The van der Waals surface area contributed by atoms with Crippen LogP contribution in [0.2, 0.25) is 0 Å². The van der Waals surface area contributed by atoms with Crippen molar-refractivity contribution in [2.24, 2.45) is 17.8 Å². The molecule has 0 heterocycles. The number of hydrogen-bond acceptors (Lipinski definition) is 3. The lowest BCUT2D eigenvalue weighted by Crippen LogP contribution is -2.53. The van der Waals surface area contributed by atoms with E-state index in [0.717, 1.165) is 17.8 Å². The van der Waals surface area contributed by atoms with Crippen LogP contribution >= 0.6 is 12.4 Å². The quantitative estimate of drug-likeness (QED) is 0.785. The number of rotatable bonds is 6. The zero-order valence-corrected chi connectivity index (χ0v) is 14.5. The van der Waals surface area contributed by atoms with Crippen molar-refractivity contribution in [3.05, 3.63) is 0 Å². The molecule has 4 heteroatoms. The van der Waals surface area contributed by atoms with E-state index < -0.39 is 0 Å². The van der Waals surface area contributed by atoms with Gasteiger partial charge in [0.25, 0.3) is 0 Å². The van der Waals surface area contributed by atoms with E-state index in [-0.39, 0.29) is 24.1 Å². The van der Waals surface area contributed by atoms with Crippen LogP contribution in [0.3, 0.4) is 0 Å². The van der Waals surface area contributed by atoms with Crippen LogP contribution in [0.5, 0.6) is 0 Å². The van der Waals surface area contributed by atoms with Crippen molar-refractivity contribution in [1.29, 1.82) is 0 Å². The lowest BCUT2D eigenvalue weighted by molar-refractivity contribution is -0.174. The Labute approximate surface area is 141 Å². The van der Waals surface area contributed by atoms with Crippen LogP contribution in [-0.2, 0) is 4.74 Å². The van der Waals surface area contributed by atoms with Crippen LogP contribution in [0.4, 0.5) is 0 Å². The van der Waals surface area contributed by atoms with Crippen LogP contribution in [0, 0.1) is 17.8 Å². The van der Waals surface area contributed by atoms with Gasteiger partial charge >= 0.3 is 0 Å². The second-order valence-corrected chi connectivity index (χ2v) is 8.46. The van der Waals surface area contributed by atoms with Gasteiger partial charge in [-0.05, 0) is 69.1 Å². The van der Waals surface area contributed by atoms with Gasteiger partial charge in [-0.3, -0.25) is 0 Å². The molecule has 5 saturated carbocycles. The Balaban J connectivity index is 0.00000144. The topological polar surface area (TPSA) is 41.5 Å². The number of halogens is 1. The molecule has 0 spiro atoms. The molecule has 3 nitrogen and oxygen atoms in total. The molecule has 5 aliphatic rings. The van der Waals surface area contributed by atoms with Gasteiger partial charge in [-0.1, -0.05) is 12.8 Å². The summed E-state index contributed by atoms with van der Waals surface area (Å²) >= 11 is 0.